The normalized spacial score (nSPS) is 23.5. The molecule has 39 heavy (non-hydrogen) atoms. The van der Waals surface area contributed by atoms with E-state index < -0.39 is 9.84 Å². The topological polar surface area (TPSA) is 103 Å². The summed E-state index contributed by atoms with van der Waals surface area (Å²) in [6.45, 7) is 5.04. The Hall–Kier alpha value is -3.25. The molecule has 4 aliphatic rings. The lowest BCUT2D eigenvalue weighted by Crippen LogP contribution is -2.41. The molecule has 2 saturated heterocycles. The largest absolute Gasteiger partial charge is 0.495 e. The third kappa shape index (κ3) is 4.24. The van der Waals surface area contributed by atoms with Gasteiger partial charge >= 0.3 is 0 Å². The number of ether oxygens (including phenoxy) is 3. The Labute approximate surface area is 227 Å². The number of morpholine rings is 2. The van der Waals surface area contributed by atoms with Gasteiger partial charge in [-0.25, -0.2) is 13.1 Å². The van der Waals surface area contributed by atoms with Crippen LogP contribution in [0, 0.1) is 0 Å². The Morgan fingerprint density at radius 1 is 1.08 bits per heavy atom. The van der Waals surface area contributed by atoms with Crippen molar-refractivity contribution in [3.8, 4) is 22.7 Å². The summed E-state index contributed by atoms with van der Waals surface area (Å²) in [6.07, 6.45) is 0.866. The van der Waals surface area contributed by atoms with Gasteiger partial charge in [-0.3, -0.25) is 9.69 Å². The minimum Gasteiger partial charge on any atom is -0.495 e. The van der Waals surface area contributed by atoms with Gasteiger partial charge in [0.05, 0.1) is 56.2 Å². The quantitative estimate of drug-likeness (QED) is 0.477. The van der Waals surface area contributed by atoms with Crippen molar-refractivity contribution in [2.75, 3.05) is 46.6 Å². The van der Waals surface area contributed by atoms with E-state index in [1.54, 1.807) is 27.8 Å². The molecule has 1 amide bonds. The molecule has 3 aromatic rings. The Kier molecular flexibility index (Phi) is 6.00. The first-order chi connectivity index (χ1) is 18.9. The molecule has 2 atom stereocenters. The van der Waals surface area contributed by atoms with E-state index in [1.165, 1.54) is 7.11 Å². The highest BCUT2D eigenvalue weighted by molar-refractivity contribution is 7.91. The van der Waals surface area contributed by atoms with Gasteiger partial charge in [-0.2, -0.15) is 5.10 Å². The zero-order chi connectivity index (χ0) is 26.7. The summed E-state index contributed by atoms with van der Waals surface area (Å²) in [5.74, 6) is -0.274. The second kappa shape index (κ2) is 9.44. The summed E-state index contributed by atoms with van der Waals surface area (Å²) in [6, 6.07) is 13.3. The van der Waals surface area contributed by atoms with Crippen LogP contribution in [0.2, 0.25) is 0 Å². The van der Waals surface area contributed by atoms with E-state index in [0.29, 0.717) is 30.0 Å². The summed E-state index contributed by atoms with van der Waals surface area (Å²) in [5.41, 5.74) is 3.65. The van der Waals surface area contributed by atoms with Crippen molar-refractivity contribution in [1.29, 1.82) is 0 Å². The van der Waals surface area contributed by atoms with Crippen molar-refractivity contribution in [3.05, 3.63) is 59.3 Å². The second-order valence-electron chi connectivity index (χ2n) is 10.4. The van der Waals surface area contributed by atoms with Crippen LogP contribution in [0.3, 0.4) is 0 Å². The number of rotatable bonds is 5. The minimum atomic E-state index is -3.77. The number of methoxy groups -OCH3 is 1. The predicted molar refractivity (Wildman–Crippen MR) is 142 cm³/mol. The fourth-order valence-electron chi connectivity index (χ4n) is 5.95. The van der Waals surface area contributed by atoms with Crippen LogP contribution in [0.5, 0.6) is 5.75 Å². The number of sulfone groups is 1. The Bertz CT molecular complexity index is 1540. The van der Waals surface area contributed by atoms with E-state index >= 15 is 0 Å². The fourth-order valence-corrected chi connectivity index (χ4v) is 7.71. The van der Waals surface area contributed by atoms with Crippen LogP contribution >= 0.6 is 0 Å². The number of hydrogen-bond acceptors (Lipinski definition) is 8. The van der Waals surface area contributed by atoms with E-state index in [2.05, 4.69) is 17.0 Å². The first-order valence-electron chi connectivity index (χ1n) is 13.3. The highest BCUT2D eigenvalue weighted by Crippen LogP contribution is 2.45. The highest BCUT2D eigenvalue weighted by atomic mass is 32.2. The zero-order valence-corrected chi connectivity index (χ0v) is 22.5. The number of aromatic nitrogens is 2. The molecule has 3 aliphatic heterocycles. The summed E-state index contributed by atoms with van der Waals surface area (Å²) in [4.78, 5) is 18.1. The molecule has 204 valence electrons. The summed E-state index contributed by atoms with van der Waals surface area (Å²) in [7, 11) is -2.31. The molecular weight excluding hydrogens is 520 g/mol. The van der Waals surface area contributed by atoms with E-state index in [4.69, 9.17) is 19.3 Å². The van der Waals surface area contributed by atoms with Crippen LogP contribution in [-0.4, -0.2) is 92.6 Å². The molecule has 0 bridgehead atoms. The van der Waals surface area contributed by atoms with Crippen molar-refractivity contribution >= 4 is 15.7 Å². The van der Waals surface area contributed by atoms with Gasteiger partial charge in [0.15, 0.2) is 15.5 Å². The first kappa shape index (κ1) is 24.8. The van der Waals surface area contributed by atoms with Gasteiger partial charge in [0, 0.05) is 37.3 Å². The van der Waals surface area contributed by atoms with Crippen LogP contribution in [0.1, 0.15) is 28.0 Å². The molecule has 1 aromatic heterocycles. The Morgan fingerprint density at radius 3 is 2.64 bits per heavy atom. The molecule has 4 heterocycles. The molecule has 0 radical (unpaired) electrons. The fraction of sp³-hybridized carbons (Fsp3) is 0.429. The number of fused-ring (bicyclic) bond motifs is 4. The monoisotopic (exact) mass is 550 g/mol. The maximum absolute atomic E-state index is 13.8. The molecule has 1 saturated carbocycles. The molecule has 3 fully saturated rings. The molecule has 7 rings (SSSR count). The number of hydrogen-bond donors (Lipinski definition) is 0. The SMILES string of the molecule is COc1cccc2c1S(=O)(=O)Cc1c(C(=O)N3CCOC4CC43)nn(-c3ccc(CN4CCOCC4)cc3)c1-2. The number of carbonyl (C=O) groups is 1. The van der Waals surface area contributed by atoms with Crippen molar-refractivity contribution in [1.82, 2.24) is 19.6 Å². The lowest BCUT2D eigenvalue weighted by molar-refractivity contribution is 0.0258. The van der Waals surface area contributed by atoms with Crippen LogP contribution in [0.4, 0.5) is 0 Å². The first-order valence-corrected chi connectivity index (χ1v) is 14.9. The van der Waals surface area contributed by atoms with E-state index in [1.807, 2.05) is 12.1 Å². The summed E-state index contributed by atoms with van der Waals surface area (Å²) >= 11 is 0. The smallest absolute Gasteiger partial charge is 0.275 e. The van der Waals surface area contributed by atoms with Crippen molar-refractivity contribution in [2.24, 2.45) is 0 Å². The molecule has 2 unspecified atom stereocenters. The van der Waals surface area contributed by atoms with Gasteiger partial charge in [-0.05, 0) is 30.2 Å². The van der Waals surface area contributed by atoms with Gasteiger partial charge in [-0.15, -0.1) is 0 Å². The molecule has 11 heteroatoms. The third-order valence-electron chi connectivity index (χ3n) is 8.00. The van der Waals surface area contributed by atoms with E-state index in [9.17, 15) is 13.2 Å². The lowest BCUT2D eigenvalue weighted by Gasteiger charge is -2.26. The van der Waals surface area contributed by atoms with Crippen molar-refractivity contribution < 1.29 is 27.4 Å². The van der Waals surface area contributed by atoms with Crippen LogP contribution in [-0.2, 0) is 31.6 Å². The highest BCUT2D eigenvalue weighted by Gasteiger charge is 2.49. The van der Waals surface area contributed by atoms with Crippen LogP contribution in [0.25, 0.3) is 16.9 Å². The average molecular weight is 551 g/mol. The maximum atomic E-state index is 13.8. The second-order valence-corrected chi connectivity index (χ2v) is 12.4. The Morgan fingerprint density at radius 2 is 1.87 bits per heavy atom. The Balaban J connectivity index is 1.33. The summed E-state index contributed by atoms with van der Waals surface area (Å²) in [5, 5.41) is 4.81. The number of benzene rings is 2. The van der Waals surface area contributed by atoms with Gasteiger partial charge in [0.1, 0.15) is 10.6 Å². The summed E-state index contributed by atoms with van der Waals surface area (Å²) < 4.78 is 45.4. The molecule has 1 aliphatic carbocycles. The van der Waals surface area contributed by atoms with Gasteiger partial charge in [0.25, 0.3) is 5.91 Å². The standard InChI is InChI=1S/C28H30N4O6S/c1-36-23-4-2-3-20-26-21(17-39(34,35)27(20)23)25(28(33)31-11-14-38-24-15-22(24)31)29-32(26)19-7-5-18(6-8-19)16-30-9-12-37-13-10-30/h2-8,22,24H,9-17H2,1H3. The third-order valence-corrected chi connectivity index (χ3v) is 9.71. The van der Waals surface area contributed by atoms with Crippen molar-refractivity contribution in [2.45, 2.75) is 35.8 Å². The molecule has 0 N–H and O–H groups in total. The molecule has 10 nitrogen and oxygen atoms in total. The van der Waals surface area contributed by atoms with E-state index in [-0.39, 0.29) is 40.1 Å². The van der Waals surface area contributed by atoms with Crippen LogP contribution in [0.15, 0.2) is 47.4 Å². The molecule has 0 spiro atoms. The van der Waals surface area contributed by atoms with Crippen molar-refractivity contribution in [3.63, 3.8) is 0 Å². The van der Waals surface area contributed by atoms with Crippen LogP contribution < -0.4 is 4.74 Å². The predicted octanol–water partition coefficient (Wildman–Crippen LogP) is 2.28. The number of amides is 1. The van der Waals surface area contributed by atoms with Gasteiger partial charge < -0.3 is 19.1 Å². The minimum absolute atomic E-state index is 0.0269. The maximum Gasteiger partial charge on any atom is 0.275 e. The molecule has 2 aromatic carbocycles. The van der Waals surface area contributed by atoms with Gasteiger partial charge in [-0.1, -0.05) is 24.3 Å². The number of carbonyl (C=O) groups excluding carboxylic acids is 1. The number of nitrogens with zero attached hydrogens (tertiary/aromatic N) is 4. The van der Waals surface area contributed by atoms with Gasteiger partial charge in [0.2, 0.25) is 0 Å². The van der Waals surface area contributed by atoms with E-state index in [0.717, 1.165) is 50.5 Å². The lowest BCUT2D eigenvalue weighted by atomic mass is 10.0. The average Bonchev–Trinajstić information content (AvgIpc) is 3.66. The zero-order valence-electron chi connectivity index (χ0n) is 21.7. The molecular formula is C28H30N4O6S.